The van der Waals surface area contributed by atoms with Gasteiger partial charge in [-0.2, -0.15) is 0 Å². The first-order valence-electron chi connectivity index (χ1n) is 9.53. The van der Waals surface area contributed by atoms with E-state index in [2.05, 4.69) is 4.98 Å². The summed E-state index contributed by atoms with van der Waals surface area (Å²) >= 11 is 1.37. The molecule has 160 valence electrons. The Morgan fingerprint density at radius 1 is 1.10 bits per heavy atom. The van der Waals surface area contributed by atoms with Crippen LogP contribution in [0.25, 0.3) is 10.2 Å². The smallest absolute Gasteiger partial charge is 0.244 e. The van der Waals surface area contributed by atoms with Gasteiger partial charge in [0.1, 0.15) is 11.6 Å². The highest BCUT2D eigenvalue weighted by Gasteiger charge is 2.27. The number of hydrogen-bond acceptors (Lipinski definition) is 6. The van der Waals surface area contributed by atoms with Crippen LogP contribution in [0, 0.1) is 5.82 Å². The molecular formula is C21H24FN3O3S2. The third-order valence-electron chi connectivity index (χ3n) is 4.66. The van der Waals surface area contributed by atoms with Crippen molar-refractivity contribution in [2.45, 2.75) is 18.2 Å². The molecule has 0 N–H and O–H groups in total. The van der Waals surface area contributed by atoms with E-state index >= 15 is 0 Å². The average Bonchev–Trinajstić information content (AvgIpc) is 3.11. The Labute approximate surface area is 179 Å². The molecule has 0 atom stereocenters. The van der Waals surface area contributed by atoms with Crippen LogP contribution in [-0.2, 0) is 21.1 Å². The fourth-order valence-corrected chi connectivity index (χ4v) is 5.24. The van der Waals surface area contributed by atoms with E-state index in [0.29, 0.717) is 18.2 Å². The van der Waals surface area contributed by atoms with Crippen LogP contribution in [0.2, 0.25) is 0 Å². The molecule has 1 amide bonds. The van der Waals surface area contributed by atoms with Crippen molar-refractivity contribution in [3.63, 3.8) is 0 Å². The summed E-state index contributed by atoms with van der Waals surface area (Å²) < 4.78 is 39.5. The number of aromatic nitrogens is 1. The summed E-state index contributed by atoms with van der Waals surface area (Å²) in [5.41, 5.74) is 1.91. The second-order valence-corrected chi connectivity index (χ2v) is 10.2. The summed E-state index contributed by atoms with van der Waals surface area (Å²) in [5.74, 6) is -1.80. The van der Waals surface area contributed by atoms with Gasteiger partial charge < -0.3 is 4.90 Å². The number of aryl methyl sites for hydroxylation is 1. The fourth-order valence-electron chi connectivity index (χ4n) is 2.99. The van der Waals surface area contributed by atoms with Crippen LogP contribution in [0.15, 0.2) is 47.4 Å². The standard InChI is InChI=1S/C21H24FN3O3S2/c1-4-15-6-5-7-18-20(15)23-21(29-18)25(13-12-24(2)3)19(26)14-30(27,28)17-10-8-16(22)9-11-17/h5-11H,4,12-14H2,1-3H3. The van der Waals surface area contributed by atoms with Crippen LogP contribution < -0.4 is 4.90 Å². The first-order chi connectivity index (χ1) is 14.2. The van der Waals surface area contributed by atoms with Gasteiger partial charge in [-0.3, -0.25) is 9.69 Å². The van der Waals surface area contributed by atoms with Gasteiger partial charge in [0.25, 0.3) is 0 Å². The summed E-state index contributed by atoms with van der Waals surface area (Å²) in [6, 6.07) is 10.4. The van der Waals surface area contributed by atoms with E-state index < -0.39 is 27.3 Å². The molecule has 0 saturated heterocycles. The SMILES string of the molecule is CCc1cccc2sc(N(CCN(C)C)C(=O)CS(=O)(=O)c3ccc(F)cc3)nc12. The predicted molar refractivity (Wildman–Crippen MR) is 118 cm³/mol. The average molecular weight is 450 g/mol. The number of carbonyl (C=O) groups is 1. The van der Waals surface area contributed by atoms with Gasteiger partial charge in [0, 0.05) is 13.1 Å². The van der Waals surface area contributed by atoms with Gasteiger partial charge >= 0.3 is 0 Å². The molecule has 0 fully saturated rings. The number of para-hydroxylation sites is 1. The monoisotopic (exact) mass is 449 g/mol. The maximum absolute atomic E-state index is 13.1. The Balaban J connectivity index is 1.93. The maximum atomic E-state index is 13.1. The number of sulfone groups is 1. The highest BCUT2D eigenvalue weighted by Crippen LogP contribution is 2.31. The predicted octanol–water partition coefficient (Wildman–Crippen LogP) is 3.37. The third-order valence-corrected chi connectivity index (χ3v) is 7.32. The van der Waals surface area contributed by atoms with Gasteiger partial charge in [-0.25, -0.2) is 17.8 Å². The van der Waals surface area contributed by atoms with E-state index in [1.165, 1.54) is 28.4 Å². The molecule has 1 aromatic heterocycles. The van der Waals surface area contributed by atoms with Crippen LogP contribution in [0.3, 0.4) is 0 Å². The molecule has 0 bridgehead atoms. The Morgan fingerprint density at radius 3 is 2.43 bits per heavy atom. The number of nitrogens with zero attached hydrogens (tertiary/aromatic N) is 3. The van der Waals surface area contributed by atoms with Crippen molar-refractivity contribution in [3.8, 4) is 0 Å². The van der Waals surface area contributed by atoms with Crippen LogP contribution in [0.1, 0.15) is 12.5 Å². The minimum Gasteiger partial charge on any atom is -0.308 e. The van der Waals surface area contributed by atoms with Crippen molar-refractivity contribution in [1.82, 2.24) is 9.88 Å². The lowest BCUT2D eigenvalue weighted by Gasteiger charge is -2.22. The topological polar surface area (TPSA) is 70.6 Å². The van der Waals surface area contributed by atoms with E-state index in [1.54, 1.807) is 0 Å². The van der Waals surface area contributed by atoms with E-state index in [-0.39, 0.29) is 4.90 Å². The van der Waals surface area contributed by atoms with Crippen LogP contribution in [-0.4, -0.2) is 57.1 Å². The van der Waals surface area contributed by atoms with Crippen molar-refractivity contribution >= 4 is 42.4 Å². The van der Waals surface area contributed by atoms with E-state index in [1.807, 2.05) is 44.1 Å². The number of hydrogen-bond donors (Lipinski definition) is 0. The third kappa shape index (κ3) is 5.03. The van der Waals surface area contributed by atoms with Gasteiger partial charge in [-0.05, 0) is 56.4 Å². The normalized spacial score (nSPS) is 11.9. The van der Waals surface area contributed by atoms with Crippen molar-refractivity contribution in [2.75, 3.05) is 37.8 Å². The van der Waals surface area contributed by atoms with Crippen LogP contribution in [0.4, 0.5) is 9.52 Å². The highest BCUT2D eigenvalue weighted by atomic mass is 32.2. The van der Waals surface area contributed by atoms with E-state index in [9.17, 15) is 17.6 Å². The number of halogens is 1. The highest BCUT2D eigenvalue weighted by molar-refractivity contribution is 7.92. The van der Waals surface area contributed by atoms with Crippen LogP contribution in [0.5, 0.6) is 0 Å². The minimum atomic E-state index is -3.91. The molecule has 9 heteroatoms. The first kappa shape index (κ1) is 22.3. The number of amides is 1. The molecule has 2 aromatic carbocycles. The lowest BCUT2D eigenvalue weighted by molar-refractivity contribution is -0.116. The zero-order valence-electron chi connectivity index (χ0n) is 17.1. The molecule has 0 saturated carbocycles. The number of rotatable bonds is 8. The first-order valence-corrected chi connectivity index (χ1v) is 12.0. The van der Waals surface area contributed by atoms with Gasteiger partial charge in [-0.1, -0.05) is 30.4 Å². The molecule has 0 aliphatic carbocycles. The number of benzene rings is 2. The zero-order valence-corrected chi connectivity index (χ0v) is 18.8. The van der Waals surface area contributed by atoms with Crippen molar-refractivity contribution in [3.05, 3.63) is 53.8 Å². The number of carbonyl (C=O) groups excluding carboxylic acids is 1. The zero-order chi connectivity index (χ0) is 21.9. The molecule has 3 rings (SSSR count). The van der Waals surface area contributed by atoms with Crippen LogP contribution >= 0.6 is 11.3 Å². The molecule has 6 nitrogen and oxygen atoms in total. The number of thiazole rings is 1. The van der Waals surface area contributed by atoms with Gasteiger partial charge in [-0.15, -0.1) is 0 Å². The summed E-state index contributed by atoms with van der Waals surface area (Å²) in [5, 5.41) is 0.479. The number of likely N-dealkylation sites (N-methyl/N-ethyl adjacent to an activating group) is 1. The number of anilines is 1. The molecular weight excluding hydrogens is 425 g/mol. The number of fused-ring (bicyclic) bond motifs is 1. The second-order valence-electron chi connectivity index (χ2n) is 7.18. The Hall–Kier alpha value is -2.36. The largest absolute Gasteiger partial charge is 0.308 e. The van der Waals surface area contributed by atoms with E-state index in [4.69, 9.17) is 0 Å². The quantitative estimate of drug-likeness (QED) is 0.493. The summed E-state index contributed by atoms with van der Waals surface area (Å²) in [6.45, 7) is 2.91. The van der Waals surface area contributed by atoms with Crippen molar-refractivity contribution < 1.29 is 17.6 Å². The summed E-state index contributed by atoms with van der Waals surface area (Å²) in [4.78, 5) is 21.0. The van der Waals surface area contributed by atoms with Gasteiger partial charge in [0.2, 0.25) is 5.91 Å². The fraction of sp³-hybridized carbons (Fsp3) is 0.333. The van der Waals surface area contributed by atoms with Gasteiger partial charge in [0.05, 0.1) is 15.1 Å². The van der Waals surface area contributed by atoms with Gasteiger partial charge in [0.15, 0.2) is 15.0 Å². The second kappa shape index (κ2) is 9.20. The van der Waals surface area contributed by atoms with Crippen molar-refractivity contribution in [1.29, 1.82) is 0 Å². The maximum Gasteiger partial charge on any atom is 0.244 e. The lowest BCUT2D eigenvalue weighted by Crippen LogP contribution is -2.40. The molecule has 0 unspecified atom stereocenters. The van der Waals surface area contributed by atoms with Crippen molar-refractivity contribution in [2.24, 2.45) is 0 Å². The Morgan fingerprint density at radius 2 is 1.80 bits per heavy atom. The summed E-state index contributed by atoms with van der Waals surface area (Å²) in [6.07, 6.45) is 0.811. The van der Waals surface area contributed by atoms with E-state index in [0.717, 1.165) is 34.3 Å². The molecule has 0 aliphatic heterocycles. The molecule has 1 heterocycles. The minimum absolute atomic E-state index is 0.0811. The Bertz CT molecular complexity index is 1140. The Kier molecular flexibility index (Phi) is 6.84. The molecule has 0 aliphatic rings. The molecule has 0 spiro atoms. The summed E-state index contributed by atoms with van der Waals surface area (Å²) in [7, 11) is -0.145. The lowest BCUT2D eigenvalue weighted by atomic mass is 10.1. The molecule has 30 heavy (non-hydrogen) atoms. The molecule has 3 aromatic rings. The molecule has 0 radical (unpaired) electrons.